The predicted molar refractivity (Wildman–Crippen MR) is 144 cm³/mol. The summed E-state index contributed by atoms with van der Waals surface area (Å²) in [6.07, 6.45) is 1.51. The molecule has 1 heterocycles. The highest BCUT2D eigenvalue weighted by atomic mass is 16.5. The molecule has 0 saturated carbocycles. The van der Waals surface area contributed by atoms with Crippen molar-refractivity contribution < 1.29 is 14.2 Å². The first kappa shape index (κ1) is 25.5. The SMILES string of the molecule is COc1cc(C)c(-c2nc3ccccc3c(=O)n2N=Cc2cccc(OC)c2OCC#N)cc1C(C)C. The van der Waals surface area contributed by atoms with Gasteiger partial charge >= 0.3 is 0 Å². The van der Waals surface area contributed by atoms with Crippen LogP contribution in [-0.2, 0) is 0 Å². The second-order valence-corrected chi connectivity index (χ2v) is 8.70. The first-order valence-electron chi connectivity index (χ1n) is 11.8. The van der Waals surface area contributed by atoms with Crippen LogP contribution in [-0.4, -0.2) is 36.7 Å². The van der Waals surface area contributed by atoms with E-state index in [1.807, 2.05) is 37.3 Å². The van der Waals surface area contributed by atoms with Gasteiger partial charge in [-0.3, -0.25) is 4.79 Å². The van der Waals surface area contributed by atoms with E-state index in [0.29, 0.717) is 33.8 Å². The molecule has 0 fully saturated rings. The van der Waals surface area contributed by atoms with Crippen LogP contribution < -0.4 is 19.8 Å². The molecule has 0 aliphatic rings. The molecule has 0 aliphatic heterocycles. The van der Waals surface area contributed by atoms with Crippen molar-refractivity contribution in [3.8, 4) is 34.7 Å². The number of aromatic nitrogens is 2. The minimum absolute atomic E-state index is 0.160. The number of fused-ring (bicyclic) bond motifs is 1. The van der Waals surface area contributed by atoms with E-state index in [9.17, 15) is 4.79 Å². The Morgan fingerprint density at radius 2 is 1.84 bits per heavy atom. The number of para-hydroxylation sites is 2. The molecule has 1 aromatic heterocycles. The van der Waals surface area contributed by atoms with Crippen LogP contribution in [0.5, 0.6) is 17.2 Å². The molecule has 8 heteroatoms. The molecular formula is C29H28N4O4. The Balaban J connectivity index is 1.97. The van der Waals surface area contributed by atoms with Gasteiger partial charge in [-0.05, 0) is 60.4 Å². The second-order valence-electron chi connectivity index (χ2n) is 8.70. The van der Waals surface area contributed by atoms with Crippen LogP contribution in [0.4, 0.5) is 0 Å². The molecule has 4 aromatic rings. The maximum atomic E-state index is 13.7. The van der Waals surface area contributed by atoms with E-state index in [1.54, 1.807) is 37.4 Å². The van der Waals surface area contributed by atoms with E-state index in [1.165, 1.54) is 18.0 Å². The maximum Gasteiger partial charge on any atom is 0.282 e. The fraction of sp³-hybridized carbons (Fsp3) is 0.241. The predicted octanol–water partition coefficient (Wildman–Crippen LogP) is 5.30. The minimum Gasteiger partial charge on any atom is -0.496 e. The molecule has 0 bridgehead atoms. The van der Waals surface area contributed by atoms with Crippen LogP contribution in [0.2, 0.25) is 0 Å². The van der Waals surface area contributed by atoms with E-state index in [2.05, 4.69) is 18.9 Å². The maximum absolute atomic E-state index is 13.7. The summed E-state index contributed by atoms with van der Waals surface area (Å²) in [7, 11) is 3.17. The van der Waals surface area contributed by atoms with Gasteiger partial charge in [0.15, 0.2) is 23.9 Å². The Morgan fingerprint density at radius 3 is 2.54 bits per heavy atom. The number of rotatable bonds is 8. The normalized spacial score (nSPS) is 11.2. The molecule has 4 rings (SSSR count). The Kier molecular flexibility index (Phi) is 7.54. The third-order valence-electron chi connectivity index (χ3n) is 6.02. The lowest BCUT2D eigenvalue weighted by molar-refractivity contribution is 0.329. The highest BCUT2D eigenvalue weighted by Gasteiger charge is 2.18. The van der Waals surface area contributed by atoms with Crippen molar-refractivity contribution in [2.45, 2.75) is 26.7 Å². The van der Waals surface area contributed by atoms with E-state index < -0.39 is 0 Å². The Labute approximate surface area is 215 Å². The second kappa shape index (κ2) is 11.0. The molecule has 0 N–H and O–H groups in total. The summed E-state index contributed by atoms with van der Waals surface area (Å²) in [6.45, 7) is 5.96. The summed E-state index contributed by atoms with van der Waals surface area (Å²) in [5.74, 6) is 2.20. The van der Waals surface area contributed by atoms with Crippen LogP contribution in [0.15, 0.2) is 64.5 Å². The molecule has 8 nitrogen and oxygen atoms in total. The molecule has 0 unspecified atom stereocenters. The van der Waals surface area contributed by atoms with E-state index in [0.717, 1.165) is 22.4 Å². The van der Waals surface area contributed by atoms with Crippen molar-refractivity contribution in [3.63, 3.8) is 0 Å². The van der Waals surface area contributed by atoms with Crippen LogP contribution in [0, 0.1) is 18.3 Å². The topological polar surface area (TPSA) is 98.7 Å². The largest absolute Gasteiger partial charge is 0.496 e. The number of nitriles is 1. The standard InChI is InChI=1S/C29H28N4O4/c1-18(2)22-16-23(19(3)15-26(22)36-5)28-32-24-11-7-6-10-21(24)29(34)33(28)31-17-20-9-8-12-25(35-4)27(20)37-14-13-30/h6-12,15-18H,14H2,1-5H3. The smallest absolute Gasteiger partial charge is 0.282 e. The summed E-state index contributed by atoms with van der Waals surface area (Å²) in [5, 5.41) is 14.0. The molecule has 37 heavy (non-hydrogen) atoms. The number of hydrogen-bond acceptors (Lipinski definition) is 7. The summed E-state index contributed by atoms with van der Waals surface area (Å²) in [5.41, 5.74) is 3.49. The van der Waals surface area contributed by atoms with E-state index >= 15 is 0 Å². The summed E-state index contributed by atoms with van der Waals surface area (Å²) in [4.78, 5) is 18.5. The van der Waals surface area contributed by atoms with Gasteiger partial charge < -0.3 is 14.2 Å². The number of aryl methyl sites for hydroxylation is 1. The van der Waals surface area contributed by atoms with Crippen molar-refractivity contribution in [3.05, 3.63) is 81.6 Å². The highest BCUT2D eigenvalue weighted by Crippen LogP contribution is 2.34. The monoisotopic (exact) mass is 496 g/mol. The van der Waals surface area contributed by atoms with Gasteiger partial charge in [-0.25, -0.2) is 4.98 Å². The zero-order chi connectivity index (χ0) is 26.5. The molecule has 0 atom stereocenters. The minimum atomic E-state index is -0.305. The van der Waals surface area contributed by atoms with Gasteiger partial charge in [0, 0.05) is 11.1 Å². The summed E-state index contributed by atoms with van der Waals surface area (Å²) in [6, 6.07) is 18.4. The number of ether oxygens (including phenoxy) is 3. The quantitative estimate of drug-likeness (QED) is 0.307. The zero-order valence-electron chi connectivity index (χ0n) is 21.5. The lowest BCUT2D eigenvalue weighted by Gasteiger charge is -2.17. The number of nitrogens with zero attached hydrogens (tertiary/aromatic N) is 4. The fourth-order valence-electron chi connectivity index (χ4n) is 4.15. The first-order chi connectivity index (χ1) is 17.9. The van der Waals surface area contributed by atoms with Crippen LogP contribution in [0.25, 0.3) is 22.3 Å². The molecule has 0 aliphatic carbocycles. The van der Waals surface area contributed by atoms with Gasteiger partial charge in [0.05, 0.1) is 31.3 Å². The fourth-order valence-corrected chi connectivity index (χ4v) is 4.15. The van der Waals surface area contributed by atoms with E-state index in [4.69, 9.17) is 24.5 Å². The van der Waals surface area contributed by atoms with Gasteiger partial charge in [-0.2, -0.15) is 15.0 Å². The number of methoxy groups -OCH3 is 2. The molecule has 0 saturated heterocycles. The summed E-state index contributed by atoms with van der Waals surface area (Å²) < 4.78 is 17.9. The van der Waals surface area contributed by atoms with Crippen LogP contribution in [0.1, 0.15) is 36.5 Å². The third kappa shape index (κ3) is 5.02. The van der Waals surface area contributed by atoms with Crippen molar-refractivity contribution >= 4 is 17.1 Å². The molecule has 0 radical (unpaired) electrons. The van der Waals surface area contributed by atoms with Crippen LogP contribution in [0.3, 0.4) is 0 Å². The molecular weight excluding hydrogens is 468 g/mol. The Bertz CT molecular complexity index is 1580. The Morgan fingerprint density at radius 1 is 1.08 bits per heavy atom. The lowest BCUT2D eigenvalue weighted by Crippen LogP contribution is -2.21. The zero-order valence-corrected chi connectivity index (χ0v) is 21.5. The van der Waals surface area contributed by atoms with Crippen molar-refractivity contribution in [1.29, 1.82) is 5.26 Å². The molecule has 188 valence electrons. The van der Waals surface area contributed by atoms with Crippen LogP contribution >= 0.6 is 0 Å². The van der Waals surface area contributed by atoms with Crippen molar-refractivity contribution in [1.82, 2.24) is 9.66 Å². The molecule has 0 spiro atoms. The lowest BCUT2D eigenvalue weighted by atomic mass is 9.96. The van der Waals surface area contributed by atoms with Crippen molar-refractivity contribution in [2.24, 2.45) is 5.10 Å². The third-order valence-corrected chi connectivity index (χ3v) is 6.02. The van der Waals surface area contributed by atoms with Crippen molar-refractivity contribution in [2.75, 3.05) is 20.8 Å². The van der Waals surface area contributed by atoms with E-state index in [-0.39, 0.29) is 18.1 Å². The van der Waals surface area contributed by atoms with Gasteiger partial charge in [-0.1, -0.05) is 32.0 Å². The van der Waals surface area contributed by atoms with Gasteiger partial charge in [0.2, 0.25) is 0 Å². The van der Waals surface area contributed by atoms with Gasteiger partial charge in [0.1, 0.15) is 11.8 Å². The summed E-state index contributed by atoms with van der Waals surface area (Å²) >= 11 is 0. The average molecular weight is 497 g/mol. The molecule has 3 aromatic carbocycles. The van der Waals surface area contributed by atoms with Gasteiger partial charge in [0.25, 0.3) is 5.56 Å². The highest BCUT2D eigenvalue weighted by molar-refractivity contribution is 5.86. The van der Waals surface area contributed by atoms with Gasteiger partial charge in [-0.15, -0.1) is 0 Å². The first-order valence-corrected chi connectivity index (χ1v) is 11.8. The number of hydrogen-bond donors (Lipinski definition) is 0. The Hall–Kier alpha value is -4.64. The number of benzene rings is 3. The average Bonchev–Trinajstić information content (AvgIpc) is 2.91. The molecule has 0 amide bonds.